The minimum absolute atomic E-state index is 0.0551. The summed E-state index contributed by atoms with van der Waals surface area (Å²) in [6.45, 7) is 0. The Bertz CT molecular complexity index is 1550. The molecular formula is C23H12F3N3. The highest BCUT2D eigenvalue weighted by molar-refractivity contribution is 6.18. The average Bonchev–Trinajstić information content (AvgIpc) is 3.26. The van der Waals surface area contributed by atoms with E-state index < -0.39 is 11.9 Å². The molecule has 6 heteroatoms. The van der Waals surface area contributed by atoms with E-state index in [4.69, 9.17) is 0 Å². The van der Waals surface area contributed by atoms with Crippen LogP contribution in [-0.2, 0) is 6.18 Å². The number of halogens is 3. The van der Waals surface area contributed by atoms with Gasteiger partial charge < -0.3 is 4.40 Å². The number of rotatable bonds is 1. The molecule has 3 aromatic heterocycles. The summed E-state index contributed by atoms with van der Waals surface area (Å²) in [4.78, 5) is 0. The molecule has 3 heterocycles. The summed E-state index contributed by atoms with van der Waals surface area (Å²) in [5.74, 6) is 0. The number of fused-ring (bicyclic) bond motifs is 4. The van der Waals surface area contributed by atoms with E-state index in [1.54, 1.807) is 18.2 Å². The zero-order chi connectivity index (χ0) is 19.8. The van der Waals surface area contributed by atoms with Gasteiger partial charge in [-0.1, -0.05) is 60.7 Å². The third-order valence-corrected chi connectivity index (χ3v) is 5.49. The van der Waals surface area contributed by atoms with Gasteiger partial charge in [0.2, 0.25) is 0 Å². The first kappa shape index (κ1) is 16.3. The molecule has 0 radical (unpaired) electrons. The van der Waals surface area contributed by atoms with Gasteiger partial charge in [0.05, 0.1) is 11.0 Å². The molecule has 0 N–H and O–H groups in total. The summed E-state index contributed by atoms with van der Waals surface area (Å²) in [7, 11) is 0. The maximum Gasteiger partial charge on any atom is 0.435 e. The smallest absolute Gasteiger partial charge is 0.315 e. The Hall–Kier alpha value is -3.67. The fourth-order valence-corrected chi connectivity index (χ4v) is 4.30. The summed E-state index contributed by atoms with van der Waals surface area (Å²) in [5.41, 5.74) is 2.35. The summed E-state index contributed by atoms with van der Waals surface area (Å²) >= 11 is 0. The lowest BCUT2D eigenvalue weighted by atomic mass is 10.0. The third kappa shape index (κ3) is 2.14. The number of hydrogen-bond acceptors (Lipinski definition) is 2. The topological polar surface area (TPSA) is 30.2 Å². The van der Waals surface area contributed by atoms with E-state index in [1.165, 1.54) is 6.07 Å². The number of para-hydroxylation sites is 2. The summed E-state index contributed by atoms with van der Waals surface area (Å²) < 4.78 is 42.4. The van der Waals surface area contributed by atoms with E-state index in [0.29, 0.717) is 11.1 Å². The van der Waals surface area contributed by atoms with Crippen molar-refractivity contribution in [2.24, 2.45) is 0 Å². The molecule has 6 rings (SSSR count). The van der Waals surface area contributed by atoms with Gasteiger partial charge in [0.1, 0.15) is 5.69 Å². The highest BCUT2D eigenvalue weighted by atomic mass is 19.4. The molecule has 3 aromatic carbocycles. The number of hydrogen-bond donors (Lipinski definition) is 0. The molecule has 0 bridgehead atoms. The van der Waals surface area contributed by atoms with Crippen molar-refractivity contribution in [2.45, 2.75) is 6.18 Å². The Morgan fingerprint density at radius 2 is 1.31 bits per heavy atom. The molecule has 0 aliphatic carbocycles. The lowest BCUT2D eigenvalue weighted by Gasteiger charge is -2.11. The van der Waals surface area contributed by atoms with Gasteiger partial charge in [0.15, 0.2) is 5.69 Å². The van der Waals surface area contributed by atoms with E-state index >= 15 is 0 Å². The molecular weight excluding hydrogens is 375 g/mol. The second-order valence-corrected chi connectivity index (χ2v) is 7.07. The predicted molar refractivity (Wildman–Crippen MR) is 107 cm³/mol. The van der Waals surface area contributed by atoms with E-state index in [0.717, 1.165) is 32.8 Å². The van der Waals surface area contributed by atoms with Crippen LogP contribution >= 0.6 is 0 Å². The standard InChI is InChI=1S/C23H12F3N3/c24-23(25,26)22-17-8-2-1-7-14(17)20(27-28-22)18-12-29-19-11-4-3-6-13(19)15-9-5-10-16(18)21(15)29/h1-12H. The van der Waals surface area contributed by atoms with Crippen LogP contribution in [0.3, 0.4) is 0 Å². The molecule has 0 saturated heterocycles. The molecule has 0 aliphatic heterocycles. The molecule has 140 valence electrons. The van der Waals surface area contributed by atoms with Crippen LogP contribution in [0.5, 0.6) is 0 Å². The van der Waals surface area contributed by atoms with Gasteiger partial charge in [-0.2, -0.15) is 13.2 Å². The van der Waals surface area contributed by atoms with Crippen molar-refractivity contribution in [3.8, 4) is 11.3 Å². The highest BCUT2D eigenvalue weighted by Crippen LogP contribution is 2.41. The van der Waals surface area contributed by atoms with Crippen molar-refractivity contribution < 1.29 is 13.2 Å². The normalized spacial score (nSPS) is 12.7. The Labute approximate surface area is 162 Å². The van der Waals surface area contributed by atoms with Crippen LogP contribution in [0.4, 0.5) is 13.2 Å². The SMILES string of the molecule is FC(F)(F)c1nnc(-c2cn3c4ccccc4c4cccc2c43)c2ccccc12. The van der Waals surface area contributed by atoms with E-state index in [-0.39, 0.29) is 5.39 Å². The first-order valence-electron chi connectivity index (χ1n) is 9.11. The summed E-state index contributed by atoms with van der Waals surface area (Å²) in [6, 6.07) is 20.5. The Kier molecular flexibility index (Phi) is 3.06. The number of alkyl halides is 3. The van der Waals surface area contributed by atoms with Gasteiger partial charge in [0.25, 0.3) is 0 Å². The lowest BCUT2D eigenvalue weighted by molar-refractivity contribution is -0.140. The Morgan fingerprint density at radius 3 is 2.10 bits per heavy atom. The van der Waals surface area contributed by atoms with E-state index in [9.17, 15) is 13.2 Å². The Morgan fingerprint density at radius 1 is 0.655 bits per heavy atom. The second-order valence-electron chi connectivity index (χ2n) is 7.07. The highest BCUT2D eigenvalue weighted by Gasteiger charge is 2.36. The fraction of sp³-hybridized carbons (Fsp3) is 0.0435. The molecule has 3 nitrogen and oxygen atoms in total. The molecule has 0 saturated carbocycles. The molecule has 0 amide bonds. The predicted octanol–water partition coefficient (Wildman–Crippen LogP) is 6.31. The van der Waals surface area contributed by atoms with Gasteiger partial charge in [-0.3, -0.25) is 0 Å². The summed E-state index contributed by atoms with van der Waals surface area (Å²) in [5, 5.41) is 11.3. The van der Waals surface area contributed by atoms with Crippen LogP contribution in [-0.4, -0.2) is 14.6 Å². The van der Waals surface area contributed by atoms with E-state index in [2.05, 4.69) is 26.7 Å². The van der Waals surface area contributed by atoms with Crippen LogP contribution in [0, 0.1) is 0 Å². The monoisotopic (exact) mass is 387 g/mol. The molecule has 0 spiro atoms. The van der Waals surface area contributed by atoms with Crippen molar-refractivity contribution in [1.29, 1.82) is 0 Å². The first-order chi connectivity index (χ1) is 14.0. The zero-order valence-corrected chi connectivity index (χ0v) is 14.9. The lowest BCUT2D eigenvalue weighted by Crippen LogP contribution is -2.10. The molecule has 0 aliphatic rings. The van der Waals surface area contributed by atoms with Gasteiger partial charge in [-0.25, -0.2) is 0 Å². The number of aromatic nitrogens is 3. The minimum atomic E-state index is -4.56. The Balaban J connectivity index is 1.74. The van der Waals surface area contributed by atoms with Crippen molar-refractivity contribution in [1.82, 2.24) is 14.6 Å². The van der Waals surface area contributed by atoms with Crippen molar-refractivity contribution in [3.05, 3.63) is 78.6 Å². The van der Waals surface area contributed by atoms with Gasteiger partial charge in [-0.15, -0.1) is 10.2 Å². The van der Waals surface area contributed by atoms with Crippen LogP contribution in [0.2, 0.25) is 0 Å². The van der Waals surface area contributed by atoms with Crippen LogP contribution in [0.25, 0.3) is 49.2 Å². The molecule has 0 unspecified atom stereocenters. The molecule has 29 heavy (non-hydrogen) atoms. The van der Waals surface area contributed by atoms with Crippen molar-refractivity contribution >= 4 is 38.0 Å². The second kappa shape index (κ2) is 5.44. The number of benzene rings is 3. The fourth-order valence-electron chi connectivity index (χ4n) is 4.30. The molecule has 6 aromatic rings. The summed E-state index contributed by atoms with van der Waals surface area (Å²) in [6.07, 6.45) is -2.61. The molecule has 0 fully saturated rings. The van der Waals surface area contributed by atoms with Crippen molar-refractivity contribution in [3.63, 3.8) is 0 Å². The third-order valence-electron chi connectivity index (χ3n) is 5.49. The van der Waals surface area contributed by atoms with Crippen molar-refractivity contribution in [2.75, 3.05) is 0 Å². The zero-order valence-electron chi connectivity index (χ0n) is 14.9. The van der Waals surface area contributed by atoms with Crippen LogP contribution in [0.1, 0.15) is 5.69 Å². The maximum absolute atomic E-state index is 13.4. The van der Waals surface area contributed by atoms with Crippen LogP contribution in [0.15, 0.2) is 72.9 Å². The average molecular weight is 387 g/mol. The maximum atomic E-state index is 13.4. The first-order valence-corrected chi connectivity index (χ1v) is 9.11. The number of nitrogens with zero attached hydrogens (tertiary/aromatic N) is 3. The quantitative estimate of drug-likeness (QED) is 0.331. The van der Waals surface area contributed by atoms with E-state index in [1.807, 2.05) is 36.5 Å². The molecule has 0 atom stereocenters. The van der Waals surface area contributed by atoms with Gasteiger partial charge in [0, 0.05) is 38.7 Å². The van der Waals surface area contributed by atoms with Gasteiger partial charge >= 0.3 is 6.18 Å². The van der Waals surface area contributed by atoms with Crippen LogP contribution < -0.4 is 0 Å². The van der Waals surface area contributed by atoms with Gasteiger partial charge in [-0.05, 0) is 6.07 Å². The largest absolute Gasteiger partial charge is 0.435 e. The minimum Gasteiger partial charge on any atom is -0.315 e.